The van der Waals surface area contributed by atoms with Crippen molar-refractivity contribution >= 4 is 40.6 Å². The molecule has 2 rings (SSSR count). The van der Waals surface area contributed by atoms with Crippen LogP contribution < -0.4 is 21.7 Å². The number of carbonyl (C=O) groups excluding carboxylic acids is 3. The molecule has 0 aliphatic heterocycles. The fraction of sp³-hybridized carbons (Fsp3) is 0.435. The first-order valence-electron chi connectivity index (χ1n) is 11.4. The van der Waals surface area contributed by atoms with Gasteiger partial charge in [-0.15, -0.1) is 0 Å². The number of para-hydroxylation sites is 1. The molecule has 37 heavy (non-hydrogen) atoms. The van der Waals surface area contributed by atoms with E-state index in [1.807, 2.05) is 6.07 Å². The normalized spacial score (nSPS) is 15.1. The number of rotatable bonds is 14. The molecule has 14 heteroatoms. The van der Waals surface area contributed by atoms with Crippen LogP contribution in [0.25, 0.3) is 10.9 Å². The van der Waals surface area contributed by atoms with Gasteiger partial charge in [-0.25, -0.2) is 4.79 Å². The van der Waals surface area contributed by atoms with E-state index in [0.717, 1.165) is 10.9 Å². The van der Waals surface area contributed by atoms with Crippen LogP contribution in [0, 0.1) is 0 Å². The van der Waals surface area contributed by atoms with Crippen molar-refractivity contribution in [2.24, 2.45) is 5.73 Å². The Labute approximate surface area is 211 Å². The van der Waals surface area contributed by atoms with E-state index >= 15 is 0 Å². The van der Waals surface area contributed by atoms with Gasteiger partial charge in [-0.2, -0.15) is 0 Å². The largest absolute Gasteiger partial charge is 0.481 e. The maximum absolute atomic E-state index is 12.8. The number of aliphatic hydroxyl groups excluding tert-OH is 2. The Bertz CT molecular complexity index is 1130. The number of H-pyrrole nitrogens is 1. The van der Waals surface area contributed by atoms with Crippen LogP contribution >= 0.6 is 0 Å². The number of aliphatic carboxylic acids is 2. The van der Waals surface area contributed by atoms with Crippen LogP contribution in [0.2, 0.25) is 0 Å². The summed E-state index contributed by atoms with van der Waals surface area (Å²) >= 11 is 0. The number of nitrogens with two attached hydrogens (primary N) is 1. The van der Waals surface area contributed by atoms with Gasteiger partial charge in [-0.3, -0.25) is 19.2 Å². The van der Waals surface area contributed by atoms with Crippen molar-refractivity contribution < 1.29 is 44.4 Å². The molecular weight excluding hydrogens is 490 g/mol. The highest BCUT2D eigenvalue weighted by Gasteiger charge is 2.33. The summed E-state index contributed by atoms with van der Waals surface area (Å²) in [5, 5.41) is 45.3. The molecule has 2 aromatic rings. The summed E-state index contributed by atoms with van der Waals surface area (Å²) in [5.74, 6) is -5.47. The third-order valence-electron chi connectivity index (χ3n) is 5.60. The number of carboxylic acids is 2. The summed E-state index contributed by atoms with van der Waals surface area (Å²) in [6.07, 6.45) is -0.546. The average Bonchev–Trinajstić information content (AvgIpc) is 3.25. The molecule has 14 nitrogen and oxygen atoms in total. The second-order valence-corrected chi connectivity index (χ2v) is 8.47. The highest BCUT2D eigenvalue weighted by atomic mass is 16.4. The number of hydrogen-bond acceptors (Lipinski definition) is 8. The minimum Gasteiger partial charge on any atom is -0.481 e. The molecule has 202 valence electrons. The van der Waals surface area contributed by atoms with Crippen LogP contribution in [0.3, 0.4) is 0 Å². The zero-order valence-corrected chi connectivity index (χ0v) is 20.0. The van der Waals surface area contributed by atoms with Gasteiger partial charge in [-0.05, 0) is 25.0 Å². The quantitative estimate of drug-likeness (QED) is 0.130. The number of benzene rings is 1. The predicted octanol–water partition coefficient (Wildman–Crippen LogP) is -2.19. The lowest BCUT2D eigenvalue weighted by Crippen LogP contribution is -2.60. The van der Waals surface area contributed by atoms with Gasteiger partial charge >= 0.3 is 11.9 Å². The van der Waals surface area contributed by atoms with Crippen molar-refractivity contribution in [2.75, 3.05) is 6.61 Å². The van der Waals surface area contributed by atoms with Crippen molar-refractivity contribution in [3.05, 3.63) is 36.0 Å². The van der Waals surface area contributed by atoms with Gasteiger partial charge in [0.2, 0.25) is 17.7 Å². The second-order valence-electron chi connectivity index (χ2n) is 8.47. The summed E-state index contributed by atoms with van der Waals surface area (Å²) in [6, 6.07) is 1.32. The first kappa shape index (κ1) is 29.2. The van der Waals surface area contributed by atoms with E-state index in [4.69, 9.17) is 10.8 Å². The van der Waals surface area contributed by atoms with Gasteiger partial charge < -0.3 is 47.1 Å². The Balaban J connectivity index is 2.07. The van der Waals surface area contributed by atoms with E-state index in [2.05, 4.69) is 20.9 Å². The van der Waals surface area contributed by atoms with Gasteiger partial charge in [0.1, 0.15) is 18.1 Å². The number of carbonyl (C=O) groups is 5. The fourth-order valence-corrected chi connectivity index (χ4v) is 3.52. The monoisotopic (exact) mass is 521 g/mol. The number of nitrogens with one attached hydrogen (secondary N) is 4. The molecule has 0 fully saturated rings. The van der Waals surface area contributed by atoms with Crippen molar-refractivity contribution in [3.63, 3.8) is 0 Å². The lowest BCUT2D eigenvalue weighted by atomic mass is 10.0. The topological polar surface area (TPSA) is 244 Å². The zero-order valence-electron chi connectivity index (χ0n) is 20.0. The van der Waals surface area contributed by atoms with E-state index in [0.29, 0.717) is 5.56 Å². The Morgan fingerprint density at radius 3 is 2.22 bits per heavy atom. The lowest BCUT2D eigenvalue weighted by Gasteiger charge is -2.26. The van der Waals surface area contributed by atoms with E-state index in [1.165, 1.54) is 6.92 Å². The van der Waals surface area contributed by atoms with Crippen LogP contribution in [-0.2, 0) is 30.4 Å². The maximum atomic E-state index is 12.8. The number of amides is 3. The van der Waals surface area contributed by atoms with E-state index < -0.39 is 73.0 Å². The molecule has 0 bridgehead atoms. The molecule has 0 spiro atoms. The molecule has 1 aromatic heterocycles. The first-order valence-corrected chi connectivity index (χ1v) is 11.4. The SMILES string of the molecule is CC(O)C(NC(=O)C(CO)NC(=O)C(N)CCC(=O)O)C(=O)NC(Cc1c[nH]c2ccccc12)C(=O)O. The number of aromatic amines is 1. The number of aromatic nitrogens is 1. The molecule has 3 amide bonds. The number of carboxylic acid groups (broad SMARTS) is 2. The van der Waals surface area contributed by atoms with E-state index in [1.54, 1.807) is 24.4 Å². The van der Waals surface area contributed by atoms with Crippen LogP contribution in [0.5, 0.6) is 0 Å². The lowest BCUT2D eigenvalue weighted by molar-refractivity contribution is -0.143. The second kappa shape index (κ2) is 13.3. The minimum atomic E-state index is -1.62. The Hall–Kier alpha value is -4.01. The standard InChI is InChI=1S/C23H31N5O9/c1-11(30)19(28-21(34)17(10-29)27-20(33)14(24)6-7-18(31)32)22(35)26-16(23(36)37)8-12-9-25-15-5-3-2-4-13(12)15/h2-5,9,11,14,16-17,19,25,29-30H,6-8,10,24H2,1H3,(H,26,35)(H,27,33)(H,28,34)(H,31,32)(H,36,37). The van der Waals surface area contributed by atoms with Crippen LogP contribution in [0.4, 0.5) is 0 Å². The highest BCUT2D eigenvalue weighted by molar-refractivity contribution is 5.94. The molecule has 10 N–H and O–H groups in total. The minimum absolute atomic E-state index is 0.0882. The van der Waals surface area contributed by atoms with Gasteiger partial charge in [0.05, 0.1) is 18.8 Å². The Morgan fingerprint density at radius 2 is 1.62 bits per heavy atom. The molecular formula is C23H31N5O9. The summed E-state index contributed by atoms with van der Waals surface area (Å²) in [7, 11) is 0. The third-order valence-corrected chi connectivity index (χ3v) is 5.60. The number of fused-ring (bicyclic) bond motifs is 1. The fourth-order valence-electron chi connectivity index (χ4n) is 3.52. The molecule has 1 aromatic carbocycles. The average molecular weight is 522 g/mol. The smallest absolute Gasteiger partial charge is 0.326 e. The maximum Gasteiger partial charge on any atom is 0.326 e. The molecule has 5 unspecified atom stereocenters. The molecule has 5 atom stereocenters. The van der Waals surface area contributed by atoms with Crippen LogP contribution in [-0.4, -0.2) is 91.9 Å². The van der Waals surface area contributed by atoms with E-state index in [-0.39, 0.29) is 12.8 Å². The molecule has 0 aliphatic carbocycles. The van der Waals surface area contributed by atoms with Gasteiger partial charge in [0.25, 0.3) is 0 Å². The summed E-state index contributed by atoms with van der Waals surface area (Å²) in [4.78, 5) is 63.1. The zero-order chi connectivity index (χ0) is 27.7. The summed E-state index contributed by atoms with van der Waals surface area (Å²) < 4.78 is 0. The summed E-state index contributed by atoms with van der Waals surface area (Å²) in [6.45, 7) is 0.296. The molecule has 1 heterocycles. The van der Waals surface area contributed by atoms with Crippen LogP contribution in [0.15, 0.2) is 30.5 Å². The predicted molar refractivity (Wildman–Crippen MR) is 129 cm³/mol. The van der Waals surface area contributed by atoms with Gasteiger partial charge in [0, 0.05) is 29.9 Å². The first-order chi connectivity index (χ1) is 17.4. The molecule has 0 aliphatic rings. The number of hydrogen-bond donors (Lipinski definition) is 9. The molecule has 0 saturated carbocycles. The van der Waals surface area contributed by atoms with E-state index in [9.17, 15) is 39.3 Å². The van der Waals surface area contributed by atoms with Crippen molar-refractivity contribution in [2.45, 2.75) is 56.5 Å². The van der Waals surface area contributed by atoms with Gasteiger partial charge in [0.15, 0.2) is 0 Å². The van der Waals surface area contributed by atoms with Crippen molar-refractivity contribution in [3.8, 4) is 0 Å². The Kier molecular flexibility index (Phi) is 10.5. The highest BCUT2D eigenvalue weighted by Crippen LogP contribution is 2.19. The van der Waals surface area contributed by atoms with Crippen molar-refractivity contribution in [1.82, 2.24) is 20.9 Å². The van der Waals surface area contributed by atoms with Crippen molar-refractivity contribution in [1.29, 1.82) is 0 Å². The van der Waals surface area contributed by atoms with Crippen LogP contribution in [0.1, 0.15) is 25.3 Å². The molecule has 0 radical (unpaired) electrons. The number of aliphatic hydroxyl groups is 2. The Morgan fingerprint density at radius 1 is 0.973 bits per heavy atom. The third kappa shape index (κ3) is 8.27. The van der Waals surface area contributed by atoms with Gasteiger partial charge in [-0.1, -0.05) is 18.2 Å². The molecule has 0 saturated heterocycles. The summed E-state index contributed by atoms with van der Waals surface area (Å²) in [5.41, 5.74) is 7.00.